The molecule has 1 N–H and O–H groups in total. The summed E-state index contributed by atoms with van der Waals surface area (Å²) in [5.41, 5.74) is 3.55. The highest BCUT2D eigenvalue weighted by atomic mass is 79.9. The Morgan fingerprint density at radius 2 is 1.91 bits per heavy atom. The molecular formula is C25H28BrF4N5. The summed E-state index contributed by atoms with van der Waals surface area (Å²) in [5, 5.41) is 12.7. The number of alkyl halides is 4. The quantitative estimate of drug-likeness (QED) is 0.324. The summed E-state index contributed by atoms with van der Waals surface area (Å²) in [6, 6.07) is 1.91. The lowest BCUT2D eigenvalue weighted by Crippen LogP contribution is -2.32. The molecule has 2 saturated carbocycles. The van der Waals surface area contributed by atoms with Crippen molar-refractivity contribution in [1.82, 2.24) is 14.5 Å². The van der Waals surface area contributed by atoms with Gasteiger partial charge in [-0.25, -0.2) is 14.4 Å². The topological polar surface area (TPSA) is 66.5 Å². The number of imidazole rings is 1. The van der Waals surface area contributed by atoms with Crippen molar-refractivity contribution in [2.45, 2.75) is 83.2 Å². The van der Waals surface area contributed by atoms with Gasteiger partial charge >= 0.3 is 6.18 Å². The average molecular weight is 554 g/mol. The third kappa shape index (κ3) is 4.81. The number of halogens is 5. The predicted molar refractivity (Wildman–Crippen MR) is 128 cm³/mol. The maximum atomic E-state index is 14.0. The number of hydrogen-bond donors (Lipinski definition) is 1. The summed E-state index contributed by atoms with van der Waals surface area (Å²) in [6.07, 6.45) is 3.55. The molecule has 3 aliphatic carbocycles. The van der Waals surface area contributed by atoms with Crippen molar-refractivity contribution in [3.63, 3.8) is 0 Å². The largest absolute Gasteiger partial charge is 0.406 e. The zero-order valence-corrected chi connectivity index (χ0v) is 21.1. The van der Waals surface area contributed by atoms with Crippen molar-refractivity contribution in [3.8, 4) is 6.07 Å². The number of hydrogen-bond acceptors (Lipinski definition) is 4. The van der Waals surface area contributed by atoms with Gasteiger partial charge < -0.3 is 9.88 Å². The highest BCUT2D eigenvalue weighted by molar-refractivity contribution is 9.10. The summed E-state index contributed by atoms with van der Waals surface area (Å²) in [4.78, 5) is 8.39. The molecule has 0 aromatic carbocycles. The number of aromatic nitrogens is 3. The maximum absolute atomic E-state index is 14.0. The smallest absolute Gasteiger partial charge is 0.366 e. The summed E-state index contributed by atoms with van der Waals surface area (Å²) < 4.78 is 54.8. The zero-order chi connectivity index (χ0) is 24.9. The molecule has 35 heavy (non-hydrogen) atoms. The Bertz CT molecular complexity index is 1190. The molecule has 0 aliphatic heterocycles. The van der Waals surface area contributed by atoms with Gasteiger partial charge in [0.2, 0.25) is 5.82 Å². The van der Waals surface area contributed by atoms with Gasteiger partial charge in [-0.2, -0.15) is 18.4 Å². The molecular weight excluding hydrogens is 526 g/mol. The maximum Gasteiger partial charge on any atom is 0.406 e. The van der Waals surface area contributed by atoms with E-state index in [1.807, 2.05) is 0 Å². The van der Waals surface area contributed by atoms with Gasteiger partial charge in [0.1, 0.15) is 30.1 Å². The van der Waals surface area contributed by atoms with Crippen LogP contribution in [0.1, 0.15) is 64.1 Å². The van der Waals surface area contributed by atoms with E-state index in [0.29, 0.717) is 40.9 Å². The molecule has 0 bridgehead atoms. The lowest BCUT2D eigenvalue weighted by atomic mass is 9.64. The first-order chi connectivity index (χ1) is 16.6. The minimum atomic E-state index is -4.48. The second-order valence-corrected chi connectivity index (χ2v) is 11.1. The molecule has 3 atom stereocenters. The summed E-state index contributed by atoms with van der Waals surface area (Å²) >= 11 is 3.42. The number of anilines is 1. The molecule has 3 aliphatic rings. The number of nitrogens with zero attached hydrogens (tertiary/aromatic N) is 4. The highest BCUT2D eigenvalue weighted by Gasteiger charge is 2.40. The Balaban J connectivity index is 1.30. The van der Waals surface area contributed by atoms with E-state index in [1.165, 1.54) is 11.8 Å². The van der Waals surface area contributed by atoms with Crippen LogP contribution in [0.5, 0.6) is 0 Å². The van der Waals surface area contributed by atoms with Crippen LogP contribution in [0.4, 0.5) is 23.4 Å². The first-order valence-corrected chi connectivity index (χ1v) is 13.1. The van der Waals surface area contributed by atoms with Gasteiger partial charge in [-0.05, 0) is 85.1 Å². The van der Waals surface area contributed by atoms with Crippen LogP contribution in [0.25, 0.3) is 11.0 Å². The molecule has 0 radical (unpaired) electrons. The van der Waals surface area contributed by atoms with Crippen LogP contribution in [0.3, 0.4) is 0 Å². The van der Waals surface area contributed by atoms with E-state index >= 15 is 0 Å². The lowest BCUT2D eigenvalue weighted by Gasteiger charge is -2.42. The first-order valence-electron chi connectivity index (χ1n) is 12.3. The van der Waals surface area contributed by atoms with Gasteiger partial charge in [0.05, 0.1) is 16.2 Å². The summed E-state index contributed by atoms with van der Waals surface area (Å²) in [7, 11) is 0. The SMILES string of the molecule is C[C@H]1CC[C@H](F)C[C@H]2CC(C3CCC(Nc4ncc5nc(C#N)n(CC(F)(F)F)c5c4Br)CC3)=C21. The van der Waals surface area contributed by atoms with E-state index in [0.717, 1.165) is 43.1 Å². The third-order valence-corrected chi connectivity index (χ3v) is 8.74. The van der Waals surface area contributed by atoms with Gasteiger partial charge in [-0.3, -0.25) is 0 Å². The van der Waals surface area contributed by atoms with Crippen molar-refractivity contribution >= 4 is 32.8 Å². The van der Waals surface area contributed by atoms with E-state index in [4.69, 9.17) is 0 Å². The van der Waals surface area contributed by atoms with Crippen LogP contribution in [0.2, 0.25) is 0 Å². The molecule has 0 saturated heterocycles. The number of rotatable bonds is 4. The van der Waals surface area contributed by atoms with E-state index < -0.39 is 18.9 Å². The average Bonchev–Trinajstić information content (AvgIpc) is 3.09. The lowest BCUT2D eigenvalue weighted by molar-refractivity contribution is -0.140. The van der Waals surface area contributed by atoms with Crippen molar-refractivity contribution < 1.29 is 17.6 Å². The standard InChI is InChI=1S/C25H28BrF4N5/c1-13-2-5-16(27)8-15-9-18(21(13)15)14-3-6-17(7-4-14)33-24-22(26)23-19(11-32-24)34-20(10-31)35(23)12-25(28,29)30/h11,13-17H,2-9,12H2,1H3,(H,32,33)/t13-,14?,15-,16-,17?/m0/s1. The molecule has 0 amide bonds. The van der Waals surface area contributed by atoms with Crippen LogP contribution >= 0.6 is 15.9 Å². The minimum absolute atomic E-state index is 0.158. The zero-order valence-electron chi connectivity index (χ0n) is 19.5. The van der Waals surface area contributed by atoms with Crippen LogP contribution in [0, 0.1) is 29.1 Å². The molecule has 2 aromatic rings. The van der Waals surface area contributed by atoms with E-state index in [1.54, 1.807) is 11.6 Å². The third-order valence-electron chi connectivity index (χ3n) is 7.99. The second kappa shape index (κ2) is 9.38. The van der Waals surface area contributed by atoms with Crippen molar-refractivity contribution in [3.05, 3.63) is 27.6 Å². The number of nitrogens with one attached hydrogen (secondary N) is 1. The fraction of sp³-hybridized carbons (Fsp3) is 0.640. The van der Waals surface area contributed by atoms with Crippen molar-refractivity contribution in [2.24, 2.45) is 17.8 Å². The fourth-order valence-electron chi connectivity index (χ4n) is 6.35. The minimum Gasteiger partial charge on any atom is -0.366 e. The number of pyridine rings is 1. The van der Waals surface area contributed by atoms with Crippen molar-refractivity contribution in [2.75, 3.05) is 5.32 Å². The molecule has 0 unspecified atom stereocenters. The number of allylic oxidation sites excluding steroid dienone is 2. The number of fused-ring (bicyclic) bond motifs is 2. The van der Waals surface area contributed by atoms with Gasteiger partial charge in [-0.15, -0.1) is 0 Å². The molecule has 0 spiro atoms. The monoisotopic (exact) mass is 553 g/mol. The van der Waals surface area contributed by atoms with E-state index in [9.17, 15) is 22.8 Å². The van der Waals surface area contributed by atoms with Gasteiger partial charge in [0, 0.05) is 6.04 Å². The predicted octanol–water partition coefficient (Wildman–Crippen LogP) is 7.07. The molecule has 2 aromatic heterocycles. The van der Waals surface area contributed by atoms with E-state index in [-0.39, 0.29) is 22.9 Å². The highest BCUT2D eigenvalue weighted by Crippen LogP contribution is 2.52. The Labute approximate surface area is 210 Å². The molecule has 2 fully saturated rings. The Morgan fingerprint density at radius 1 is 1.17 bits per heavy atom. The first kappa shape index (κ1) is 24.5. The normalized spacial score (nSPS) is 29.3. The Hall–Kier alpha value is -2.15. The summed E-state index contributed by atoms with van der Waals surface area (Å²) in [6.45, 7) is 0.951. The molecule has 10 heteroatoms. The van der Waals surface area contributed by atoms with Crippen molar-refractivity contribution in [1.29, 1.82) is 5.26 Å². The van der Waals surface area contributed by atoms with Gasteiger partial charge in [-0.1, -0.05) is 18.1 Å². The summed E-state index contributed by atoms with van der Waals surface area (Å²) in [5.74, 6) is 1.62. The number of nitriles is 1. The second-order valence-electron chi connectivity index (χ2n) is 10.3. The Kier molecular flexibility index (Phi) is 6.58. The molecule has 5 rings (SSSR count). The van der Waals surface area contributed by atoms with Crippen LogP contribution < -0.4 is 5.32 Å². The van der Waals surface area contributed by atoms with Crippen LogP contribution in [-0.4, -0.2) is 32.9 Å². The fourth-order valence-corrected chi connectivity index (χ4v) is 6.99. The Morgan fingerprint density at radius 3 is 2.60 bits per heavy atom. The molecule has 2 heterocycles. The van der Waals surface area contributed by atoms with Gasteiger partial charge in [0.15, 0.2) is 0 Å². The van der Waals surface area contributed by atoms with Gasteiger partial charge in [0.25, 0.3) is 0 Å². The molecule has 5 nitrogen and oxygen atoms in total. The molecule has 188 valence electrons. The van der Waals surface area contributed by atoms with E-state index in [2.05, 4.69) is 38.1 Å². The van der Waals surface area contributed by atoms with Crippen LogP contribution in [-0.2, 0) is 6.54 Å². The van der Waals surface area contributed by atoms with Crippen LogP contribution in [0.15, 0.2) is 21.8 Å².